The van der Waals surface area contributed by atoms with Gasteiger partial charge in [0.25, 0.3) is 5.91 Å². The van der Waals surface area contributed by atoms with Gasteiger partial charge in [0, 0.05) is 24.3 Å². The molecule has 1 aliphatic heterocycles. The smallest absolute Gasteiger partial charge is 0.286 e. The van der Waals surface area contributed by atoms with Crippen molar-refractivity contribution in [3.8, 4) is 5.75 Å². The number of amides is 1. The number of hydrogen-bond donors (Lipinski definition) is 1. The van der Waals surface area contributed by atoms with Gasteiger partial charge in [-0.1, -0.05) is 42.1 Å². The molecule has 1 heterocycles. The minimum Gasteiger partial charge on any atom is -0.507 e. The first-order valence-electron chi connectivity index (χ1n) is 8.98. The van der Waals surface area contributed by atoms with Gasteiger partial charge in [-0.25, -0.2) is 0 Å². The number of thioether (sulfide) groups is 1. The van der Waals surface area contributed by atoms with Gasteiger partial charge >= 0.3 is 0 Å². The first-order valence-corrected chi connectivity index (χ1v) is 10.2. The van der Waals surface area contributed by atoms with Gasteiger partial charge in [-0.3, -0.25) is 4.79 Å². The largest absolute Gasteiger partial charge is 0.507 e. The molecule has 0 spiro atoms. The van der Waals surface area contributed by atoms with E-state index >= 15 is 0 Å². The summed E-state index contributed by atoms with van der Waals surface area (Å²) in [5.74, 6) is -0.182. The number of para-hydroxylation sites is 1. The molecule has 1 N–H and O–H groups in total. The first kappa shape index (κ1) is 20.1. The molecule has 144 valence electrons. The molecule has 0 atom stereocenters. The molecule has 0 aromatic heterocycles. The van der Waals surface area contributed by atoms with Gasteiger partial charge in [0.2, 0.25) is 0 Å². The van der Waals surface area contributed by atoms with Crippen LogP contribution in [0, 0.1) is 0 Å². The highest BCUT2D eigenvalue weighted by molar-refractivity contribution is 8.26. The molecule has 0 bridgehead atoms. The summed E-state index contributed by atoms with van der Waals surface area (Å²) in [6, 6.07) is 14.8. The minimum absolute atomic E-state index is 0.115. The molecule has 0 unspecified atom stereocenters. The molecule has 0 radical (unpaired) electrons. The molecule has 28 heavy (non-hydrogen) atoms. The van der Waals surface area contributed by atoms with Crippen molar-refractivity contribution in [2.24, 2.45) is 5.10 Å². The molecule has 3 rings (SSSR count). The van der Waals surface area contributed by atoms with E-state index in [1.165, 1.54) is 16.8 Å². The first-order chi connectivity index (χ1) is 13.5. The van der Waals surface area contributed by atoms with Crippen LogP contribution in [-0.2, 0) is 4.79 Å². The summed E-state index contributed by atoms with van der Waals surface area (Å²) in [5, 5.41) is 15.4. The van der Waals surface area contributed by atoms with Crippen LogP contribution in [-0.4, -0.2) is 39.6 Å². The Morgan fingerprint density at radius 2 is 1.82 bits per heavy atom. The van der Waals surface area contributed by atoms with Crippen molar-refractivity contribution < 1.29 is 9.90 Å². The number of aromatic hydroxyl groups is 1. The second-order valence-corrected chi connectivity index (χ2v) is 7.74. The third-order valence-electron chi connectivity index (χ3n) is 4.34. The van der Waals surface area contributed by atoms with E-state index in [1.54, 1.807) is 36.6 Å². The number of phenolic OH excluding ortho intramolecular Hbond substituents is 1. The van der Waals surface area contributed by atoms with Gasteiger partial charge in [0.1, 0.15) is 5.75 Å². The number of hydrazone groups is 1. The Kier molecular flexibility index (Phi) is 6.49. The fraction of sp³-hybridized carbons (Fsp3) is 0.190. The molecule has 1 amide bonds. The Morgan fingerprint density at radius 1 is 1.14 bits per heavy atom. The zero-order chi connectivity index (χ0) is 20.1. The van der Waals surface area contributed by atoms with Crippen LogP contribution in [0.3, 0.4) is 0 Å². The summed E-state index contributed by atoms with van der Waals surface area (Å²) in [6.45, 7) is 6.14. The third kappa shape index (κ3) is 4.43. The molecule has 1 fully saturated rings. The number of rotatable bonds is 6. The normalized spacial score (nSPS) is 15.8. The highest BCUT2D eigenvalue weighted by Gasteiger charge is 2.32. The Labute approximate surface area is 174 Å². The number of nitrogens with zero attached hydrogens (tertiary/aromatic N) is 3. The highest BCUT2D eigenvalue weighted by atomic mass is 32.2. The van der Waals surface area contributed by atoms with E-state index in [9.17, 15) is 9.90 Å². The van der Waals surface area contributed by atoms with Crippen molar-refractivity contribution in [1.29, 1.82) is 0 Å². The van der Waals surface area contributed by atoms with E-state index in [-0.39, 0.29) is 11.7 Å². The molecular formula is C21H21N3O2S2. The lowest BCUT2D eigenvalue weighted by Gasteiger charge is -2.20. The van der Waals surface area contributed by atoms with Crippen LogP contribution < -0.4 is 4.90 Å². The van der Waals surface area contributed by atoms with Gasteiger partial charge in [-0.15, -0.1) is 0 Å². The van der Waals surface area contributed by atoms with Crippen molar-refractivity contribution in [3.63, 3.8) is 0 Å². The Balaban J connectivity index is 1.75. The van der Waals surface area contributed by atoms with Crippen LogP contribution in [0.5, 0.6) is 5.75 Å². The van der Waals surface area contributed by atoms with E-state index in [4.69, 9.17) is 12.2 Å². The highest BCUT2D eigenvalue weighted by Crippen LogP contribution is 2.34. The van der Waals surface area contributed by atoms with E-state index in [0.717, 1.165) is 24.3 Å². The molecule has 2 aromatic carbocycles. The average Bonchev–Trinajstić information content (AvgIpc) is 2.97. The fourth-order valence-electron chi connectivity index (χ4n) is 2.79. The molecule has 5 nitrogen and oxygen atoms in total. The molecule has 1 aliphatic rings. The van der Waals surface area contributed by atoms with Crippen molar-refractivity contribution >= 4 is 52.2 Å². The van der Waals surface area contributed by atoms with E-state index in [0.29, 0.717) is 14.8 Å². The van der Waals surface area contributed by atoms with Gasteiger partial charge in [-0.05, 0) is 55.9 Å². The van der Waals surface area contributed by atoms with Crippen molar-refractivity contribution in [3.05, 3.63) is 64.6 Å². The number of thiocarbonyl (C=S) groups is 1. The van der Waals surface area contributed by atoms with Crippen LogP contribution in [0.2, 0.25) is 0 Å². The Bertz CT molecular complexity index is 935. The van der Waals surface area contributed by atoms with Gasteiger partial charge in [0.05, 0.1) is 11.1 Å². The van der Waals surface area contributed by atoms with Crippen molar-refractivity contribution in [1.82, 2.24) is 5.01 Å². The SMILES string of the molecule is CCN(CC)c1ccc(C=NN2C(=O)C(=Cc3ccccc3O)SC2=S)cc1. The summed E-state index contributed by atoms with van der Waals surface area (Å²) < 4.78 is 0.364. The monoisotopic (exact) mass is 411 g/mol. The number of anilines is 1. The van der Waals surface area contributed by atoms with E-state index < -0.39 is 0 Å². The number of benzene rings is 2. The van der Waals surface area contributed by atoms with Gasteiger partial charge < -0.3 is 10.0 Å². The van der Waals surface area contributed by atoms with E-state index in [2.05, 4.69) is 23.8 Å². The maximum Gasteiger partial charge on any atom is 0.286 e. The van der Waals surface area contributed by atoms with Crippen LogP contribution in [0.25, 0.3) is 6.08 Å². The summed E-state index contributed by atoms with van der Waals surface area (Å²) in [6.07, 6.45) is 3.25. The van der Waals surface area contributed by atoms with Crippen molar-refractivity contribution in [2.45, 2.75) is 13.8 Å². The van der Waals surface area contributed by atoms with Crippen molar-refractivity contribution in [2.75, 3.05) is 18.0 Å². The molecule has 7 heteroatoms. The molecule has 0 saturated carbocycles. The zero-order valence-electron chi connectivity index (χ0n) is 15.7. The van der Waals surface area contributed by atoms with Gasteiger partial charge in [-0.2, -0.15) is 10.1 Å². The quantitative estimate of drug-likeness (QED) is 0.432. The maximum atomic E-state index is 12.6. The lowest BCUT2D eigenvalue weighted by molar-refractivity contribution is -0.122. The Hall–Kier alpha value is -2.64. The standard InChI is InChI=1S/C21H21N3O2S2/c1-3-23(4-2)17-11-9-15(10-12-17)14-22-24-20(26)19(28-21(24)27)13-16-7-5-6-8-18(16)25/h5-14,25H,3-4H2,1-2H3. The van der Waals surface area contributed by atoms with Crippen LogP contribution in [0.4, 0.5) is 5.69 Å². The number of carbonyl (C=O) groups is 1. The minimum atomic E-state index is -0.297. The predicted octanol–water partition coefficient (Wildman–Crippen LogP) is 4.47. The second-order valence-electron chi connectivity index (χ2n) is 6.06. The third-order valence-corrected chi connectivity index (χ3v) is 5.62. The summed E-state index contributed by atoms with van der Waals surface area (Å²) in [4.78, 5) is 15.3. The number of hydrogen-bond acceptors (Lipinski definition) is 6. The number of phenols is 1. The average molecular weight is 412 g/mol. The zero-order valence-corrected chi connectivity index (χ0v) is 17.3. The fourth-order valence-corrected chi connectivity index (χ4v) is 3.96. The van der Waals surface area contributed by atoms with Crippen LogP contribution in [0.15, 0.2) is 58.5 Å². The summed E-state index contributed by atoms with van der Waals surface area (Å²) in [7, 11) is 0. The van der Waals surface area contributed by atoms with Crippen LogP contribution >= 0.6 is 24.0 Å². The molecule has 1 saturated heterocycles. The topological polar surface area (TPSA) is 56.1 Å². The molecule has 2 aromatic rings. The Morgan fingerprint density at radius 3 is 2.46 bits per heavy atom. The molecule has 0 aliphatic carbocycles. The lowest BCUT2D eigenvalue weighted by atomic mass is 10.2. The lowest BCUT2D eigenvalue weighted by Crippen LogP contribution is -2.22. The van der Waals surface area contributed by atoms with E-state index in [1.807, 2.05) is 24.3 Å². The van der Waals surface area contributed by atoms with Gasteiger partial charge in [0.15, 0.2) is 4.32 Å². The number of carbonyl (C=O) groups excluding carboxylic acids is 1. The summed E-state index contributed by atoms with van der Waals surface area (Å²) in [5.41, 5.74) is 2.60. The van der Waals surface area contributed by atoms with Crippen LogP contribution in [0.1, 0.15) is 25.0 Å². The maximum absolute atomic E-state index is 12.6. The second kappa shape index (κ2) is 9.03. The summed E-state index contributed by atoms with van der Waals surface area (Å²) >= 11 is 6.46. The predicted molar refractivity (Wildman–Crippen MR) is 121 cm³/mol. The molecular weight excluding hydrogens is 390 g/mol.